The summed E-state index contributed by atoms with van der Waals surface area (Å²) >= 11 is 0. The second kappa shape index (κ2) is 17.0. The number of anilines is 1. The van der Waals surface area contributed by atoms with E-state index in [2.05, 4.69) is 0 Å². The van der Waals surface area contributed by atoms with E-state index in [1.165, 1.54) is 23.1 Å². The van der Waals surface area contributed by atoms with Crippen LogP contribution in [0.3, 0.4) is 0 Å². The number of carboxylic acid groups (broad SMARTS) is 1. The molecule has 0 saturated carbocycles. The Kier molecular flexibility index (Phi) is 12.0. The summed E-state index contributed by atoms with van der Waals surface area (Å²) in [6.45, 7) is -1.17. The van der Waals surface area contributed by atoms with Crippen molar-refractivity contribution in [2.45, 2.75) is 73.4 Å². The molecule has 16 nitrogen and oxygen atoms in total. The number of aliphatic hydroxyl groups is 7. The fourth-order valence-corrected chi connectivity index (χ4v) is 7.27. The summed E-state index contributed by atoms with van der Waals surface area (Å²) in [5, 5.41) is 82.3. The molecule has 3 aliphatic heterocycles. The number of benzene rings is 4. The Morgan fingerprint density at radius 1 is 0.741 bits per heavy atom. The van der Waals surface area contributed by atoms with Gasteiger partial charge in [0.05, 0.1) is 6.61 Å². The van der Waals surface area contributed by atoms with Gasteiger partial charge in [-0.3, -0.25) is 14.5 Å². The zero-order chi connectivity index (χ0) is 41.4. The highest BCUT2D eigenvalue weighted by Gasteiger charge is 2.53. The second-order valence-electron chi connectivity index (χ2n) is 14.1. The highest BCUT2D eigenvalue weighted by Crippen LogP contribution is 2.46. The van der Waals surface area contributed by atoms with Gasteiger partial charge in [-0.15, -0.1) is 0 Å². The van der Waals surface area contributed by atoms with Gasteiger partial charge in [0.25, 0.3) is 5.91 Å². The molecule has 4 aromatic carbocycles. The summed E-state index contributed by atoms with van der Waals surface area (Å²) in [5.74, 6) is -3.33. The van der Waals surface area contributed by atoms with Crippen LogP contribution in [0.5, 0.6) is 5.75 Å². The molecule has 8 N–H and O–H groups in total. The first-order chi connectivity index (χ1) is 27.8. The number of aliphatic hydroxyl groups excluding tert-OH is 7. The second-order valence-corrected chi connectivity index (χ2v) is 14.1. The largest absolute Gasteiger partial charge is 0.479 e. The number of hydrogen-bond acceptors (Lipinski definition) is 14. The number of amides is 1. The maximum atomic E-state index is 13.8. The third kappa shape index (κ3) is 7.84. The number of ketones is 1. The number of Topliss-reactive ketones (excluding diaryl/α,β-unsaturated/α-hetero) is 1. The van der Waals surface area contributed by atoms with Crippen molar-refractivity contribution >= 4 is 23.3 Å². The van der Waals surface area contributed by atoms with E-state index in [9.17, 15) is 59.6 Å². The lowest BCUT2D eigenvalue weighted by Gasteiger charge is -2.47. The summed E-state index contributed by atoms with van der Waals surface area (Å²) < 4.78 is 36.7. The molecule has 3 fully saturated rings. The highest BCUT2D eigenvalue weighted by atomic mass is 19.1. The average Bonchev–Trinajstić information content (AvgIpc) is 3.23. The van der Waals surface area contributed by atoms with E-state index >= 15 is 0 Å². The van der Waals surface area contributed by atoms with Gasteiger partial charge < -0.3 is 59.8 Å². The number of β-lactam (4-membered cyclic amide) rings is 1. The Labute approximate surface area is 329 Å². The van der Waals surface area contributed by atoms with E-state index < -0.39 is 110 Å². The normalized spacial score (nSPS) is 31.0. The number of rotatable bonds is 12. The monoisotopic (exact) mass is 805 g/mol. The van der Waals surface area contributed by atoms with Gasteiger partial charge in [0.2, 0.25) is 6.29 Å². The minimum Gasteiger partial charge on any atom is -0.479 e. The smallest absolute Gasteiger partial charge is 0.335 e. The van der Waals surface area contributed by atoms with Crippen molar-refractivity contribution in [1.29, 1.82) is 0 Å². The van der Waals surface area contributed by atoms with Gasteiger partial charge in [-0.05, 0) is 59.2 Å². The standard InChI is InChI=1S/C41H40FNO15/c42-23-13-10-20(11-14-23)26(45)18-55-37-29(43(39(37)52)24-4-2-1-3-5-24)25-15-12-22(16-27(25)57-41-35(51)32(48)34(50)38(58-41)40(53)54)19-6-8-21(9-7-19)36-33(49)31(47)30(46)28(17-44)56-36/h1-16,28-38,41,44,46-51H,17-18H2,(H,53,54)/t28-,29-,30-,31+,32?,33-,34?,35?,36?,37-,38?,41-/m1/s1. The van der Waals surface area contributed by atoms with Crippen LogP contribution in [0.1, 0.15) is 33.6 Å². The topological polar surface area (TPSA) is 253 Å². The van der Waals surface area contributed by atoms with E-state index in [0.717, 1.165) is 12.1 Å². The van der Waals surface area contributed by atoms with Crippen molar-refractivity contribution in [3.63, 3.8) is 0 Å². The van der Waals surface area contributed by atoms with Crippen LogP contribution in [0.4, 0.5) is 10.1 Å². The molecule has 306 valence electrons. The van der Waals surface area contributed by atoms with Gasteiger partial charge >= 0.3 is 5.97 Å². The maximum Gasteiger partial charge on any atom is 0.335 e. The molecule has 4 aromatic rings. The molecule has 0 aromatic heterocycles. The number of carbonyl (C=O) groups excluding carboxylic acids is 2. The van der Waals surface area contributed by atoms with Crippen LogP contribution in [-0.2, 0) is 23.8 Å². The number of ether oxygens (including phenoxy) is 4. The molecule has 5 unspecified atom stereocenters. The van der Waals surface area contributed by atoms with Crippen LogP contribution >= 0.6 is 0 Å². The maximum absolute atomic E-state index is 13.8. The molecule has 3 heterocycles. The lowest BCUT2D eigenvalue weighted by atomic mass is 9.87. The molecule has 1 amide bonds. The van der Waals surface area contributed by atoms with Crippen molar-refractivity contribution in [2.75, 3.05) is 18.1 Å². The number of carbonyl (C=O) groups is 3. The molecule has 0 bridgehead atoms. The van der Waals surface area contributed by atoms with Crippen LogP contribution in [0.15, 0.2) is 97.1 Å². The van der Waals surface area contributed by atoms with Crippen molar-refractivity contribution in [3.05, 3.63) is 120 Å². The SMILES string of the molecule is O=C(CO[C@H]1C(=O)N(c2ccccc2)[C@@H]1c1ccc(-c2ccc(C3O[C@H](CO)[C@@H](O)[C@H](O)[C@H]3O)cc2)cc1O[C@@H]1OC(C(=O)O)C(O)C(O)C1O)c1ccc(F)cc1. The molecule has 0 aliphatic carbocycles. The Bertz CT molecular complexity index is 2100. The lowest BCUT2D eigenvalue weighted by molar-refractivity contribution is -0.271. The first kappa shape index (κ1) is 41.0. The molecule has 12 atom stereocenters. The van der Waals surface area contributed by atoms with Crippen LogP contribution < -0.4 is 9.64 Å². The quantitative estimate of drug-likeness (QED) is 0.0723. The van der Waals surface area contributed by atoms with Gasteiger partial charge in [-0.1, -0.05) is 54.6 Å². The summed E-state index contributed by atoms with van der Waals surface area (Å²) in [6.07, 6.45) is -18.0. The van der Waals surface area contributed by atoms with Gasteiger partial charge in [0.1, 0.15) is 73.0 Å². The van der Waals surface area contributed by atoms with Crippen molar-refractivity contribution in [1.82, 2.24) is 0 Å². The highest BCUT2D eigenvalue weighted by molar-refractivity contribution is 6.06. The molecular formula is C41H40FNO15. The Morgan fingerprint density at radius 2 is 1.40 bits per heavy atom. The summed E-state index contributed by atoms with van der Waals surface area (Å²) in [4.78, 5) is 40.1. The predicted octanol–water partition coefficient (Wildman–Crippen LogP) is 0.635. The third-order valence-corrected chi connectivity index (χ3v) is 10.5. The van der Waals surface area contributed by atoms with E-state index in [-0.39, 0.29) is 16.9 Å². The van der Waals surface area contributed by atoms with Crippen molar-refractivity contribution < 1.29 is 78.6 Å². The minimum atomic E-state index is -2.00. The summed E-state index contributed by atoms with van der Waals surface area (Å²) in [7, 11) is 0. The van der Waals surface area contributed by atoms with Gasteiger partial charge in [-0.2, -0.15) is 0 Å². The molecule has 7 rings (SSSR count). The zero-order valence-corrected chi connectivity index (χ0v) is 30.3. The molecular weight excluding hydrogens is 765 g/mol. The minimum absolute atomic E-state index is 0.0795. The molecule has 3 saturated heterocycles. The van der Waals surface area contributed by atoms with E-state index in [4.69, 9.17) is 18.9 Å². The zero-order valence-electron chi connectivity index (χ0n) is 30.3. The molecule has 3 aliphatic rings. The number of para-hydroxylation sites is 1. The Hall–Kier alpha value is -5.18. The van der Waals surface area contributed by atoms with E-state index in [0.29, 0.717) is 22.4 Å². The fourth-order valence-electron chi connectivity index (χ4n) is 7.27. The molecule has 17 heteroatoms. The fraction of sp³-hybridized carbons (Fsp3) is 0.341. The summed E-state index contributed by atoms with van der Waals surface area (Å²) in [5.41, 5.74) is 2.23. The molecule has 0 spiro atoms. The number of carboxylic acids is 1. The van der Waals surface area contributed by atoms with Crippen molar-refractivity contribution in [2.24, 2.45) is 0 Å². The first-order valence-corrected chi connectivity index (χ1v) is 18.2. The van der Waals surface area contributed by atoms with E-state index in [1.54, 1.807) is 66.7 Å². The summed E-state index contributed by atoms with van der Waals surface area (Å²) in [6, 6.07) is 23.4. The Balaban J connectivity index is 1.25. The predicted molar refractivity (Wildman–Crippen MR) is 197 cm³/mol. The lowest BCUT2D eigenvalue weighted by Crippen LogP contribution is -2.62. The molecule has 58 heavy (non-hydrogen) atoms. The third-order valence-electron chi connectivity index (χ3n) is 10.5. The Morgan fingerprint density at radius 3 is 2.05 bits per heavy atom. The van der Waals surface area contributed by atoms with Crippen molar-refractivity contribution in [3.8, 4) is 16.9 Å². The number of nitrogens with zero attached hydrogens (tertiary/aromatic N) is 1. The average molecular weight is 806 g/mol. The number of halogens is 1. The van der Waals surface area contributed by atoms with E-state index in [1.807, 2.05) is 0 Å². The van der Waals surface area contributed by atoms with Gasteiger partial charge in [0, 0.05) is 16.8 Å². The van der Waals surface area contributed by atoms with Crippen LogP contribution in [0.25, 0.3) is 11.1 Å². The number of aliphatic carboxylic acids is 1. The number of hydrogen-bond donors (Lipinski definition) is 8. The van der Waals surface area contributed by atoms with Crippen LogP contribution in [0.2, 0.25) is 0 Å². The van der Waals surface area contributed by atoms with Crippen LogP contribution in [-0.4, -0.2) is 133 Å². The van der Waals surface area contributed by atoms with Gasteiger partial charge in [0.15, 0.2) is 18.0 Å². The van der Waals surface area contributed by atoms with Crippen LogP contribution in [0, 0.1) is 5.82 Å². The molecule has 0 radical (unpaired) electrons. The first-order valence-electron chi connectivity index (χ1n) is 18.2. The van der Waals surface area contributed by atoms with Gasteiger partial charge in [-0.25, -0.2) is 9.18 Å².